The summed E-state index contributed by atoms with van der Waals surface area (Å²) in [6.07, 6.45) is 1.06. The molecule has 3 nitrogen and oxygen atoms in total. The molecule has 0 spiro atoms. The second-order valence-corrected chi connectivity index (χ2v) is 5.38. The minimum atomic E-state index is -0.472. The lowest BCUT2D eigenvalue weighted by Crippen LogP contribution is -2.45. The number of nitrogens with zero attached hydrogens (tertiary/aromatic N) is 2. The van der Waals surface area contributed by atoms with Crippen molar-refractivity contribution in [2.45, 2.75) is 34.1 Å². The number of likely N-dealkylation sites (tertiary alicyclic amines) is 1. The summed E-state index contributed by atoms with van der Waals surface area (Å²) >= 11 is 0. The van der Waals surface area contributed by atoms with Crippen molar-refractivity contribution in [1.82, 2.24) is 4.90 Å². The van der Waals surface area contributed by atoms with Crippen molar-refractivity contribution >= 4 is 5.91 Å². The number of rotatable bonds is 2. The number of hydrogen-bond donors (Lipinski definition) is 0. The predicted molar refractivity (Wildman–Crippen MR) is 63.5 cm³/mol. The van der Waals surface area contributed by atoms with Gasteiger partial charge < -0.3 is 4.90 Å². The number of piperidine rings is 1. The molecule has 1 heterocycles. The van der Waals surface area contributed by atoms with Crippen LogP contribution in [0.15, 0.2) is 0 Å². The number of nitriles is 1. The van der Waals surface area contributed by atoms with Crippen molar-refractivity contribution in [3.8, 4) is 6.07 Å². The number of hydrogen-bond acceptors (Lipinski definition) is 2. The molecule has 90 valence electrons. The lowest BCUT2D eigenvalue weighted by Gasteiger charge is -2.36. The van der Waals surface area contributed by atoms with Crippen LogP contribution in [-0.4, -0.2) is 23.9 Å². The smallest absolute Gasteiger partial charge is 0.240 e. The van der Waals surface area contributed by atoms with E-state index in [-0.39, 0.29) is 11.8 Å². The maximum Gasteiger partial charge on any atom is 0.240 e. The van der Waals surface area contributed by atoms with Gasteiger partial charge in [-0.2, -0.15) is 5.26 Å². The van der Waals surface area contributed by atoms with Crippen molar-refractivity contribution in [3.63, 3.8) is 0 Å². The molecule has 3 atom stereocenters. The molecule has 1 aliphatic rings. The van der Waals surface area contributed by atoms with Gasteiger partial charge in [0.1, 0.15) is 5.92 Å². The standard InChI is InChI=1S/C13H22N2O/c1-9(2)12(7-14)13(16)15-6-5-10(3)11(4)8-15/h9-12H,5-6,8H2,1-4H3. The highest BCUT2D eigenvalue weighted by molar-refractivity contribution is 5.81. The van der Waals surface area contributed by atoms with Crippen LogP contribution in [0.2, 0.25) is 0 Å². The third-order valence-corrected chi connectivity index (χ3v) is 3.72. The average Bonchev–Trinajstić information content (AvgIpc) is 2.22. The van der Waals surface area contributed by atoms with Crippen molar-refractivity contribution < 1.29 is 4.79 Å². The fraction of sp³-hybridized carbons (Fsp3) is 0.846. The van der Waals surface area contributed by atoms with Crippen molar-refractivity contribution in [3.05, 3.63) is 0 Å². The van der Waals surface area contributed by atoms with E-state index in [9.17, 15) is 4.79 Å². The first-order chi connectivity index (χ1) is 7.47. The average molecular weight is 222 g/mol. The quantitative estimate of drug-likeness (QED) is 0.719. The lowest BCUT2D eigenvalue weighted by molar-refractivity contribution is -0.137. The highest BCUT2D eigenvalue weighted by Gasteiger charge is 2.31. The molecule has 0 aromatic rings. The topological polar surface area (TPSA) is 44.1 Å². The normalized spacial score (nSPS) is 27.6. The van der Waals surface area contributed by atoms with Gasteiger partial charge in [-0.15, -0.1) is 0 Å². The first kappa shape index (κ1) is 13.0. The van der Waals surface area contributed by atoms with Crippen LogP contribution in [0.3, 0.4) is 0 Å². The molecule has 0 bridgehead atoms. The SMILES string of the molecule is CC(C)C(C#N)C(=O)N1CCC(C)C(C)C1. The van der Waals surface area contributed by atoms with Crippen LogP contribution in [0.1, 0.15) is 34.1 Å². The molecule has 0 saturated carbocycles. The van der Waals surface area contributed by atoms with E-state index in [1.54, 1.807) is 0 Å². The second kappa shape index (κ2) is 5.34. The summed E-state index contributed by atoms with van der Waals surface area (Å²) in [6, 6.07) is 2.13. The van der Waals surface area contributed by atoms with E-state index in [1.165, 1.54) is 0 Å². The molecule has 3 unspecified atom stereocenters. The summed E-state index contributed by atoms with van der Waals surface area (Å²) in [5.41, 5.74) is 0. The van der Waals surface area contributed by atoms with Crippen LogP contribution < -0.4 is 0 Å². The summed E-state index contributed by atoms with van der Waals surface area (Å²) in [7, 11) is 0. The van der Waals surface area contributed by atoms with Crippen molar-refractivity contribution in [1.29, 1.82) is 5.26 Å². The van der Waals surface area contributed by atoms with Crippen LogP contribution in [-0.2, 0) is 4.79 Å². The van der Waals surface area contributed by atoms with Gasteiger partial charge in [-0.1, -0.05) is 27.7 Å². The Bertz CT molecular complexity index is 293. The third-order valence-electron chi connectivity index (χ3n) is 3.72. The van der Waals surface area contributed by atoms with Crippen LogP contribution in [0, 0.1) is 35.0 Å². The molecule has 0 aromatic heterocycles. The molecule has 1 fully saturated rings. The second-order valence-electron chi connectivity index (χ2n) is 5.38. The van der Waals surface area contributed by atoms with Gasteiger partial charge in [-0.25, -0.2) is 0 Å². The van der Waals surface area contributed by atoms with E-state index < -0.39 is 5.92 Å². The molecular weight excluding hydrogens is 200 g/mol. The van der Waals surface area contributed by atoms with E-state index in [2.05, 4.69) is 19.9 Å². The minimum absolute atomic E-state index is 0.0243. The van der Waals surface area contributed by atoms with Crippen LogP contribution in [0.4, 0.5) is 0 Å². The Labute approximate surface area is 98.4 Å². The number of amides is 1. The summed E-state index contributed by atoms with van der Waals surface area (Å²) < 4.78 is 0. The maximum atomic E-state index is 12.1. The van der Waals surface area contributed by atoms with Gasteiger partial charge in [-0.3, -0.25) is 4.79 Å². The largest absolute Gasteiger partial charge is 0.341 e. The van der Waals surface area contributed by atoms with Gasteiger partial charge >= 0.3 is 0 Å². The Morgan fingerprint density at radius 2 is 2.00 bits per heavy atom. The summed E-state index contributed by atoms with van der Waals surface area (Å²) in [5.74, 6) is 0.886. The van der Waals surface area contributed by atoms with Crippen LogP contribution >= 0.6 is 0 Å². The Hall–Kier alpha value is -1.04. The Balaban J connectivity index is 2.65. The third kappa shape index (κ3) is 2.75. The van der Waals surface area contributed by atoms with Gasteiger partial charge in [0.2, 0.25) is 5.91 Å². The zero-order chi connectivity index (χ0) is 12.3. The van der Waals surface area contributed by atoms with Crippen LogP contribution in [0.25, 0.3) is 0 Å². The van der Waals surface area contributed by atoms with Crippen molar-refractivity contribution in [2.75, 3.05) is 13.1 Å². The van der Waals surface area contributed by atoms with Gasteiger partial charge in [-0.05, 0) is 24.2 Å². The summed E-state index contributed by atoms with van der Waals surface area (Å²) in [5, 5.41) is 9.02. The highest BCUT2D eigenvalue weighted by Crippen LogP contribution is 2.24. The Morgan fingerprint density at radius 3 is 2.44 bits per heavy atom. The fourth-order valence-corrected chi connectivity index (χ4v) is 2.15. The van der Waals surface area contributed by atoms with Gasteiger partial charge in [0.25, 0.3) is 0 Å². The molecule has 1 aliphatic heterocycles. The van der Waals surface area contributed by atoms with Gasteiger partial charge in [0.15, 0.2) is 0 Å². The molecule has 0 aromatic carbocycles. The minimum Gasteiger partial charge on any atom is -0.341 e. The predicted octanol–water partition coefficient (Wildman–Crippen LogP) is 2.29. The Morgan fingerprint density at radius 1 is 1.38 bits per heavy atom. The van der Waals surface area contributed by atoms with Gasteiger partial charge in [0.05, 0.1) is 6.07 Å². The fourth-order valence-electron chi connectivity index (χ4n) is 2.15. The summed E-state index contributed by atoms with van der Waals surface area (Å²) in [6.45, 7) is 9.90. The molecule has 3 heteroatoms. The maximum absolute atomic E-state index is 12.1. The molecule has 1 rings (SSSR count). The molecule has 16 heavy (non-hydrogen) atoms. The Kier molecular flexibility index (Phi) is 4.35. The van der Waals surface area contributed by atoms with E-state index in [4.69, 9.17) is 5.26 Å². The molecule has 1 amide bonds. The lowest BCUT2D eigenvalue weighted by atomic mass is 9.87. The molecular formula is C13H22N2O. The van der Waals surface area contributed by atoms with E-state index in [1.807, 2.05) is 18.7 Å². The molecule has 0 radical (unpaired) electrons. The monoisotopic (exact) mass is 222 g/mol. The molecule has 0 aliphatic carbocycles. The molecule has 0 N–H and O–H groups in total. The summed E-state index contributed by atoms with van der Waals surface area (Å²) in [4.78, 5) is 14.0. The van der Waals surface area contributed by atoms with E-state index in [0.717, 1.165) is 19.5 Å². The zero-order valence-corrected chi connectivity index (χ0v) is 10.7. The first-order valence-corrected chi connectivity index (χ1v) is 6.15. The number of carbonyl (C=O) groups excluding carboxylic acids is 1. The van der Waals surface area contributed by atoms with Crippen LogP contribution in [0.5, 0.6) is 0 Å². The molecule has 1 saturated heterocycles. The van der Waals surface area contributed by atoms with E-state index >= 15 is 0 Å². The van der Waals surface area contributed by atoms with Gasteiger partial charge in [0, 0.05) is 13.1 Å². The van der Waals surface area contributed by atoms with E-state index in [0.29, 0.717) is 11.8 Å². The highest BCUT2D eigenvalue weighted by atomic mass is 16.2. The number of carbonyl (C=O) groups is 1. The first-order valence-electron chi connectivity index (χ1n) is 6.15. The van der Waals surface area contributed by atoms with Crippen molar-refractivity contribution in [2.24, 2.45) is 23.7 Å². The zero-order valence-electron chi connectivity index (χ0n) is 10.7.